The Morgan fingerprint density at radius 2 is 1.58 bits per heavy atom. The van der Waals surface area contributed by atoms with Crippen LogP contribution < -0.4 is 5.11 Å². The van der Waals surface area contributed by atoms with Crippen LogP contribution in [-0.4, -0.2) is 47.8 Å². The summed E-state index contributed by atoms with van der Waals surface area (Å²) < 4.78 is 0.716. The maximum atomic E-state index is 11.4. The first-order valence-electron chi connectivity index (χ1n) is 10.8. The van der Waals surface area contributed by atoms with Crippen molar-refractivity contribution in [3.63, 3.8) is 0 Å². The van der Waals surface area contributed by atoms with Gasteiger partial charge >= 0.3 is 0 Å². The number of nitrogens with zero attached hydrogens (tertiary/aromatic N) is 1. The lowest BCUT2D eigenvalue weighted by Gasteiger charge is -2.42. The summed E-state index contributed by atoms with van der Waals surface area (Å²) in [5.41, 5.74) is 0. The molecule has 0 spiro atoms. The Morgan fingerprint density at radius 3 is 2.04 bits per heavy atom. The lowest BCUT2D eigenvalue weighted by molar-refractivity contribution is -0.933. The highest BCUT2D eigenvalue weighted by Crippen LogP contribution is 2.19. The molecule has 4 nitrogen and oxygen atoms in total. The third kappa shape index (κ3) is 11.7. The molecule has 0 rings (SSSR count). The number of allylic oxidation sites excluding steroid dienone is 2. The summed E-state index contributed by atoms with van der Waals surface area (Å²) in [5.74, 6) is -1.45. The zero-order chi connectivity index (χ0) is 19.8. The third-order valence-corrected chi connectivity index (χ3v) is 5.20. The van der Waals surface area contributed by atoms with Crippen molar-refractivity contribution >= 4 is 5.97 Å². The van der Waals surface area contributed by atoms with Gasteiger partial charge in [-0.05, 0) is 44.9 Å². The molecule has 0 fully saturated rings. The minimum absolute atomic E-state index is 0.381. The molecule has 0 aromatic heterocycles. The summed E-state index contributed by atoms with van der Waals surface area (Å²) in [6, 6.07) is 0. The Kier molecular flexibility index (Phi) is 14.7. The van der Waals surface area contributed by atoms with E-state index in [4.69, 9.17) is 0 Å². The number of hydrogen-bond acceptors (Lipinski definition) is 3. The largest absolute Gasteiger partial charge is 0.550 e. The summed E-state index contributed by atoms with van der Waals surface area (Å²) >= 11 is 0. The molecular formula is C22H43NO3. The first-order chi connectivity index (χ1) is 12.4. The van der Waals surface area contributed by atoms with Gasteiger partial charge in [-0.15, -0.1) is 0 Å². The Balaban J connectivity index is 5.10. The van der Waals surface area contributed by atoms with Gasteiger partial charge in [0, 0.05) is 11.9 Å². The van der Waals surface area contributed by atoms with E-state index < -0.39 is 11.9 Å². The number of unbranched alkanes of at least 4 members (excludes halogenated alkanes) is 4. The monoisotopic (exact) mass is 369 g/mol. The fourth-order valence-electron chi connectivity index (χ4n) is 3.71. The van der Waals surface area contributed by atoms with Crippen LogP contribution in [0, 0.1) is 5.92 Å². The molecule has 26 heavy (non-hydrogen) atoms. The average molecular weight is 370 g/mol. The molecule has 0 bridgehead atoms. The van der Waals surface area contributed by atoms with Gasteiger partial charge in [-0.2, -0.15) is 0 Å². The molecule has 2 atom stereocenters. The molecule has 1 N–H and O–H groups in total. The number of quaternary nitrogens is 1. The SMILES string of the molecule is CC/C=C/CCC(O)C[N+](CCCCC)(CCCCC)CC(C)C(=O)[O-]. The normalized spacial score (nSPS) is 14.7. The summed E-state index contributed by atoms with van der Waals surface area (Å²) in [6.45, 7) is 11.4. The van der Waals surface area contributed by atoms with Crippen molar-refractivity contribution < 1.29 is 19.5 Å². The summed E-state index contributed by atoms with van der Waals surface area (Å²) in [5, 5.41) is 22.0. The van der Waals surface area contributed by atoms with E-state index in [2.05, 4.69) is 32.9 Å². The molecule has 0 saturated heterocycles. The van der Waals surface area contributed by atoms with Gasteiger partial charge < -0.3 is 19.5 Å². The number of rotatable bonds is 17. The van der Waals surface area contributed by atoms with E-state index in [0.29, 0.717) is 17.6 Å². The van der Waals surface area contributed by atoms with Gasteiger partial charge in [0.25, 0.3) is 0 Å². The standard InChI is InChI=1S/C22H43NO3/c1-5-8-11-12-15-21(24)19-23(16-13-9-6-2,17-14-10-7-3)18-20(4)22(25)26/h8,11,20-21,24H,5-7,9-10,12-19H2,1-4H3/b11-8+. The van der Waals surface area contributed by atoms with Crippen molar-refractivity contribution in [2.75, 3.05) is 26.2 Å². The topological polar surface area (TPSA) is 60.4 Å². The molecule has 0 saturated carbocycles. The molecule has 0 aromatic carbocycles. The zero-order valence-electron chi connectivity index (χ0n) is 17.7. The number of aliphatic hydroxyl groups excluding tert-OH is 1. The summed E-state index contributed by atoms with van der Waals surface area (Å²) in [4.78, 5) is 11.4. The third-order valence-electron chi connectivity index (χ3n) is 5.20. The van der Waals surface area contributed by atoms with E-state index in [9.17, 15) is 15.0 Å². The van der Waals surface area contributed by atoms with Gasteiger partial charge in [-0.1, -0.05) is 52.7 Å². The van der Waals surface area contributed by atoms with Crippen molar-refractivity contribution in [2.24, 2.45) is 5.92 Å². The van der Waals surface area contributed by atoms with Crippen LogP contribution >= 0.6 is 0 Å². The highest BCUT2D eigenvalue weighted by atomic mass is 16.4. The maximum absolute atomic E-state index is 11.4. The van der Waals surface area contributed by atoms with Gasteiger partial charge in [-0.25, -0.2) is 0 Å². The second kappa shape index (κ2) is 15.2. The van der Waals surface area contributed by atoms with Crippen molar-refractivity contribution in [1.82, 2.24) is 0 Å². The van der Waals surface area contributed by atoms with Crippen LogP contribution in [0.5, 0.6) is 0 Å². The highest BCUT2D eigenvalue weighted by Gasteiger charge is 2.31. The van der Waals surface area contributed by atoms with Crippen molar-refractivity contribution in [1.29, 1.82) is 0 Å². The summed E-state index contributed by atoms with van der Waals surface area (Å²) in [7, 11) is 0. The molecule has 0 radical (unpaired) electrons. The highest BCUT2D eigenvalue weighted by molar-refractivity contribution is 5.67. The Bertz CT molecular complexity index is 372. The molecule has 0 aliphatic heterocycles. The molecule has 2 unspecified atom stereocenters. The van der Waals surface area contributed by atoms with Gasteiger partial charge in [-0.3, -0.25) is 0 Å². The van der Waals surface area contributed by atoms with E-state index in [1.165, 1.54) is 0 Å². The fourth-order valence-corrected chi connectivity index (χ4v) is 3.71. The van der Waals surface area contributed by atoms with Crippen LogP contribution in [0.4, 0.5) is 0 Å². The lowest BCUT2D eigenvalue weighted by atomic mass is 10.0. The van der Waals surface area contributed by atoms with Gasteiger partial charge in [0.05, 0.1) is 19.6 Å². The first-order valence-corrected chi connectivity index (χ1v) is 10.8. The van der Waals surface area contributed by atoms with Gasteiger partial charge in [0.1, 0.15) is 12.6 Å². The van der Waals surface area contributed by atoms with Gasteiger partial charge in [0.2, 0.25) is 0 Å². The van der Waals surface area contributed by atoms with E-state index in [1.54, 1.807) is 6.92 Å². The molecule has 0 aromatic rings. The number of aliphatic carboxylic acids is 1. The Hall–Kier alpha value is -0.870. The maximum Gasteiger partial charge on any atom is 0.105 e. The zero-order valence-corrected chi connectivity index (χ0v) is 17.7. The summed E-state index contributed by atoms with van der Waals surface area (Å²) in [6.07, 6.45) is 13.3. The number of carboxylic acid groups (broad SMARTS) is 1. The molecule has 154 valence electrons. The van der Waals surface area contributed by atoms with Crippen LogP contribution in [0.15, 0.2) is 12.2 Å². The molecule has 0 heterocycles. The van der Waals surface area contributed by atoms with E-state index in [1.807, 2.05) is 0 Å². The quantitative estimate of drug-likeness (QED) is 0.242. The van der Waals surface area contributed by atoms with Crippen LogP contribution in [0.3, 0.4) is 0 Å². The van der Waals surface area contributed by atoms with E-state index in [0.717, 1.165) is 70.9 Å². The number of carbonyl (C=O) groups excluding carboxylic acids is 1. The number of aliphatic hydroxyl groups is 1. The van der Waals surface area contributed by atoms with Crippen LogP contribution in [0.1, 0.15) is 85.5 Å². The second-order valence-electron chi connectivity index (χ2n) is 7.90. The molecule has 0 amide bonds. The predicted molar refractivity (Wildman–Crippen MR) is 108 cm³/mol. The smallest absolute Gasteiger partial charge is 0.105 e. The first kappa shape index (κ1) is 25.1. The predicted octanol–water partition coefficient (Wildman–Crippen LogP) is 3.68. The molecule has 0 aliphatic rings. The van der Waals surface area contributed by atoms with Crippen LogP contribution in [0.25, 0.3) is 0 Å². The van der Waals surface area contributed by atoms with Crippen LogP contribution in [-0.2, 0) is 4.79 Å². The number of hydrogen-bond donors (Lipinski definition) is 1. The van der Waals surface area contributed by atoms with Crippen molar-refractivity contribution in [3.8, 4) is 0 Å². The Labute approximate surface area is 161 Å². The average Bonchev–Trinajstić information content (AvgIpc) is 2.59. The molecular weight excluding hydrogens is 326 g/mol. The molecule has 4 heteroatoms. The minimum Gasteiger partial charge on any atom is -0.550 e. The fraction of sp³-hybridized carbons (Fsp3) is 0.864. The van der Waals surface area contributed by atoms with Crippen molar-refractivity contribution in [2.45, 2.75) is 91.6 Å². The molecule has 0 aliphatic carbocycles. The van der Waals surface area contributed by atoms with E-state index in [-0.39, 0.29) is 6.10 Å². The second-order valence-corrected chi connectivity index (χ2v) is 7.90. The van der Waals surface area contributed by atoms with Gasteiger partial charge in [0.15, 0.2) is 0 Å². The Morgan fingerprint density at radius 1 is 1.00 bits per heavy atom. The number of carboxylic acids is 1. The van der Waals surface area contributed by atoms with Crippen molar-refractivity contribution in [3.05, 3.63) is 12.2 Å². The minimum atomic E-state index is -0.973. The van der Waals surface area contributed by atoms with E-state index >= 15 is 0 Å². The lowest BCUT2D eigenvalue weighted by Crippen LogP contribution is -2.57. The van der Waals surface area contributed by atoms with Crippen LogP contribution in [0.2, 0.25) is 0 Å². The number of carbonyl (C=O) groups is 1.